The van der Waals surface area contributed by atoms with Crippen LogP contribution in [0.3, 0.4) is 0 Å². The van der Waals surface area contributed by atoms with Gasteiger partial charge in [-0.3, -0.25) is 11.1 Å². The van der Waals surface area contributed by atoms with Crippen LogP contribution in [0.2, 0.25) is 5.02 Å². The van der Waals surface area contributed by atoms with Crippen molar-refractivity contribution in [3.8, 4) is 0 Å². The molecule has 0 unspecified atom stereocenters. The Morgan fingerprint density at radius 1 is 1.20 bits per heavy atom. The van der Waals surface area contributed by atoms with Gasteiger partial charge in [-0.1, -0.05) is 24.4 Å². The van der Waals surface area contributed by atoms with Gasteiger partial charge in [0, 0.05) is 11.6 Å². The van der Waals surface area contributed by atoms with Crippen LogP contribution in [0.5, 0.6) is 0 Å². The number of hydrogen-bond acceptors (Lipinski definition) is 2. The van der Waals surface area contributed by atoms with Crippen LogP contribution in [-0.4, -0.2) is 24.4 Å². The number of carbonyl (C=O) groups excluding carboxylic acids is 2. The topological polar surface area (TPSA) is 46.2 Å². The summed E-state index contributed by atoms with van der Waals surface area (Å²) in [6, 6.07) is 2.90. The van der Waals surface area contributed by atoms with Crippen LogP contribution in [0, 0.1) is 17.0 Å². The second kappa shape index (κ2) is 12.5. The third-order valence-electron chi connectivity index (χ3n) is 6.25. The fourth-order valence-electron chi connectivity index (χ4n) is 4.79. The van der Waals surface area contributed by atoms with E-state index in [9.17, 15) is 18.0 Å². The summed E-state index contributed by atoms with van der Waals surface area (Å²) in [5.41, 5.74) is -1.33. The van der Waals surface area contributed by atoms with Gasteiger partial charge in [0.25, 0.3) is 0 Å². The van der Waals surface area contributed by atoms with Crippen LogP contribution >= 0.6 is 11.6 Å². The maximum absolute atomic E-state index is 14.1. The summed E-state index contributed by atoms with van der Waals surface area (Å²) in [5, 5.41) is 2.70. The molecule has 3 aliphatic carbocycles. The Labute approximate surface area is 203 Å². The Bertz CT molecular complexity index is 706. The van der Waals surface area contributed by atoms with Crippen molar-refractivity contribution < 1.29 is 52.3 Å². The van der Waals surface area contributed by atoms with Crippen LogP contribution in [-0.2, 0) is 16.0 Å². The maximum Gasteiger partial charge on any atom is 1.00 e. The molecule has 162 valence electrons. The molecule has 3 nitrogen and oxygen atoms in total. The summed E-state index contributed by atoms with van der Waals surface area (Å²) in [5.74, 6) is -1.26. The van der Waals surface area contributed by atoms with E-state index in [1.54, 1.807) is 0 Å². The predicted octanol–water partition coefficient (Wildman–Crippen LogP) is 2.63. The quantitative estimate of drug-likeness (QED) is 0.330. The van der Waals surface area contributed by atoms with Gasteiger partial charge in [-0.2, -0.15) is 6.92 Å². The predicted molar refractivity (Wildman–Crippen MR) is 107 cm³/mol. The summed E-state index contributed by atoms with van der Waals surface area (Å²) in [7, 11) is 0. The molecule has 1 aromatic rings. The second-order valence-electron chi connectivity index (χ2n) is 8.30. The van der Waals surface area contributed by atoms with Gasteiger partial charge < -0.3 is 10.1 Å². The molecule has 0 heterocycles. The molecule has 3 fully saturated rings. The zero-order valence-corrected chi connectivity index (χ0v) is 20.5. The Balaban J connectivity index is 0.000000316. The van der Waals surface area contributed by atoms with Gasteiger partial charge in [-0.05, 0) is 68.9 Å². The van der Waals surface area contributed by atoms with Crippen LogP contribution in [0.1, 0.15) is 70.3 Å². The number of alkyl halides is 1. The Morgan fingerprint density at radius 3 is 2.23 bits per heavy atom. The van der Waals surface area contributed by atoms with Gasteiger partial charge in [-0.15, -0.1) is 0 Å². The molecule has 4 rings (SSSR count). The zero-order valence-electron chi connectivity index (χ0n) is 17.7. The van der Waals surface area contributed by atoms with Crippen molar-refractivity contribution in [3.05, 3.63) is 34.4 Å². The third kappa shape index (κ3) is 7.25. The first kappa shape index (κ1) is 27.5. The molecule has 3 aliphatic rings. The number of fused-ring (bicyclic) bond motifs is 2. The van der Waals surface area contributed by atoms with E-state index in [0.29, 0.717) is 25.3 Å². The van der Waals surface area contributed by atoms with E-state index in [1.807, 2.05) is 0 Å². The Kier molecular flexibility index (Phi) is 11.4. The average molecular weight is 454 g/mol. The van der Waals surface area contributed by atoms with Gasteiger partial charge in [0.05, 0.1) is 5.02 Å². The number of amides is 1. The van der Waals surface area contributed by atoms with Crippen LogP contribution in [0.25, 0.3) is 0 Å². The SMILES string of the molecule is C[C-]=O.Fc1ccc(Cl)c(F)c1CC12CCC(F)(CC1)C2.O=CNC1CCCC1.[Na+]. The maximum atomic E-state index is 14.1. The minimum absolute atomic E-state index is 0. The number of hydrogen-bond donors (Lipinski definition) is 1. The first-order chi connectivity index (χ1) is 13.8. The number of benzene rings is 1. The summed E-state index contributed by atoms with van der Waals surface area (Å²) < 4.78 is 41.7. The van der Waals surface area contributed by atoms with Crippen LogP contribution in [0.15, 0.2) is 12.1 Å². The molecule has 0 spiro atoms. The molecule has 1 N–H and O–H groups in total. The van der Waals surface area contributed by atoms with Crippen molar-refractivity contribution in [1.82, 2.24) is 5.32 Å². The largest absolute Gasteiger partial charge is 1.00 e. The van der Waals surface area contributed by atoms with Gasteiger partial charge in [0.15, 0.2) is 0 Å². The molecule has 0 aromatic heterocycles. The second-order valence-corrected chi connectivity index (χ2v) is 8.70. The fourth-order valence-corrected chi connectivity index (χ4v) is 4.97. The molecule has 8 heteroatoms. The molecule has 30 heavy (non-hydrogen) atoms. The van der Waals surface area contributed by atoms with Crippen molar-refractivity contribution in [2.45, 2.75) is 82.8 Å². The van der Waals surface area contributed by atoms with Crippen molar-refractivity contribution in [3.63, 3.8) is 0 Å². The van der Waals surface area contributed by atoms with Gasteiger partial charge in [0.2, 0.25) is 6.41 Å². The molecule has 3 saturated carbocycles. The molecule has 0 aliphatic heterocycles. The van der Waals surface area contributed by atoms with Crippen molar-refractivity contribution in [2.75, 3.05) is 0 Å². The van der Waals surface area contributed by atoms with Gasteiger partial charge >= 0.3 is 29.6 Å². The summed E-state index contributed by atoms with van der Waals surface area (Å²) in [6.07, 6.45) is 10.4. The van der Waals surface area contributed by atoms with Crippen LogP contribution < -0.4 is 34.9 Å². The molecule has 2 bridgehead atoms. The van der Waals surface area contributed by atoms with Gasteiger partial charge in [0.1, 0.15) is 17.3 Å². The van der Waals surface area contributed by atoms with E-state index in [1.165, 1.54) is 51.0 Å². The smallest absolute Gasteiger partial charge is 0.542 e. The number of nitrogens with one attached hydrogen (secondary N) is 1. The molecule has 0 radical (unpaired) electrons. The van der Waals surface area contributed by atoms with E-state index in [0.717, 1.165) is 19.3 Å². The number of halogens is 4. The first-order valence-electron chi connectivity index (χ1n) is 10.1. The van der Waals surface area contributed by atoms with Crippen molar-refractivity contribution >= 4 is 24.3 Å². The average Bonchev–Trinajstić information content (AvgIpc) is 3.39. The summed E-state index contributed by atoms with van der Waals surface area (Å²) >= 11 is 5.68. The van der Waals surface area contributed by atoms with E-state index in [4.69, 9.17) is 16.4 Å². The monoisotopic (exact) mass is 453 g/mol. The Morgan fingerprint density at radius 2 is 1.77 bits per heavy atom. The molecule has 1 amide bonds. The Hall–Kier alpha value is -0.560. The van der Waals surface area contributed by atoms with Crippen LogP contribution in [0.4, 0.5) is 13.2 Å². The van der Waals surface area contributed by atoms with Crippen molar-refractivity contribution in [2.24, 2.45) is 5.41 Å². The molecular formula is C22H28ClF3NNaO2. The fraction of sp³-hybridized carbons (Fsp3) is 0.636. The van der Waals surface area contributed by atoms with E-state index >= 15 is 0 Å². The van der Waals surface area contributed by atoms with Crippen molar-refractivity contribution in [1.29, 1.82) is 0 Å². The number of carbonyl (C=O) groups is 1. The molecule has 0 saturated heterocycles. The summed E-state index contributed by atoms with van der Waals surface area (Å²) in [6.45, 7) is 1.32. The van der Waals surface area contributed by atoms with Gasteiger partial charge in [-0.25, -0.2) is 13.2 Å². The van der Waals surface area contributed by atoms with E-state index in [2.05, 4.69) is 5.32 Å². The molecule has 1 aromatic carbocycles. The minimum atomic E-state index is -1.09. The number of rotatable bonds is 4. The van der Waals surface area contributed by atoms with E-state index < -0.39 is 17.3 Å². The minimum Gasteiger partial charge on any atom is -0.542 e. The third-order valence-corrected chi connectivity index (χ3v) is 6.54. The standard InChI is InChI=1S/C14H14ClF3.C6H11NO.C2H3O.Na/c15-10-1-2-11(16)9(12(10)17)7-13-3-5-14(18,8-13)6-4-13;8-5-7-6-3-1-2-4-6;1-2-3;/h1-2H,3-8H2;5-6H,1-4H2,(H,7,8);1H3;/q;;-1;+1. The molecular weight excluding hydrogens is 426 g/mol. The summed E-state index contributed by atoms with van der Waals surface area (Å²) in [4.78, 5) is 18.5. The normalized spacial score (nSPS) is 26.6. The first-order valence-corrected chi connectivity index (χ1v) is 10.5. The van der Waals surface area contributed by atoms with E-state index in [-0.39, 0.29) is 52.0 Å². The zero-order chi connectivity index (χ0) is 21.5. The molecule has 0 atom stereocenters.